The fourth-order valence-electron chi connectivity index (χ4n) is 3.61. The molecule has 0 aliphatic heterocycles. The van der Waals surface area contributed by atoms with Crippen LogP contribution in [0.15, 0.2) is 54.6 Å². The molecule has 0 atom stereocenters. The Morgan fingerprint density at radius 1 is 0.966 bits per heavy atom. The van der Waals surface area contributed by atoms with Gasteiger partial charge in [0.15, 0.2) is 0 Å². The molecule has 0 heterocycles. The maximum Gasteiger partial charge on any atom is 0.322 e. The topological polar surface area (TPSA) is 78.8 Å². The SMILES string of the molecule is CCC(CC)(CCNc1c2ccccc2cc2ccccc12)OC.CP(=O)(O)O. The van der Waals surface area contributed by atoms with E-state index in [2.05, 4.69) is 73.8 Å². The lowest BCUT2D eigenvalue weighted by atomic mass is 9.93. The predicted octanol–water partition coefficient (Wildman–Crippen LogP) is 5.79. The monoisotopic (exact) mass is 417 g/mol. The maximum atomic E-state index is 9.33. The second-order valence-electron chi connectivity index (χ2n) is 7.30. The molecule has 0 amide bonds. The van der Waals surface area contributed by atoms with Crippen LogP contribution in [0.5, 0.6) is 0 Å². The molecule has 3 N–H and O–H groups in total. The third-order valence-electron chi connectivity index (χ3n) is 5.38. The molecule has 6 heteroatoms. The highest BCUT2D eigenvalue weighted by Crippen LogP contribution is 2.33. The lowest BCUT2D eigenvalue weighted by molar-refractivity contribution is -0.0208. The van der Waals surface area contributed by atoms with Gasteiger partial charge in [-0.05, 0) is 36.1 Å². The van der Waals surface area contributed by atoms with Crippen molar-refractivity contribution in [2.24, 2.45) is 0 Å². The Balaban J connectivity index is 0.000000537. The van der Waals surface area contributed by atoms with Crippen LogP contribution >= 0.6 is 7.60 Å². The largest absolute Gasteiger partial charge is 0.384 e. The molecule has 3 aromatic rings. The molecule has 0 fully saturated rings. The van der Waals surface area contributed by atoms with Gasteiger partial charge in [-0.25, -0.2) is 0 Å². The molecule has 0 saturated heterocycles. The first-order valence-corrected chi connectivity index (χ1v) is 12.0. The number of anilines is 1. The van der Waals surface area contributed by atoms with E-state index in [9.17, 15) is 4.57 Å². The summed E-state index contributed by atoms with van der Waals surface area (Å²) >= 11 is 0. The molecule has 0 saturated carbocycles. The number of fused-ring (bicyclic) bond motifs is 2. The molecule has 0 radical (unpaired) electrons. The van der Waals surface area contributed by atoms with Crippen LogP contribution in [-0.4, -0.2) is 35.7 Å². The van der Waals surface area contributed by atoms with Crippen molar-refractivity contribution in [1.29, 1.82) is 0 Å². The molecule has 5 nitrogen and oxygen atoms in total. The van der Waals surface area contributed by atoms with E-state index in [0.717, 1.165) is 32.5 Å². The second kappa shape index (κ2) is 10.2. The number of nitrogens with one attached hydrogen (secondary N) is 1. The minimum atomic E-state index is -3.64. The number of benzene rings is 3. The van der Waals surface area contributed by atoms with E-state index in [0.29, 0.717) is 0 Å². The second-order valence-corrected chi connectivity index (χ2v) is 8.97. The van der Waals surface area contributed by atoms with E-state index >= 15 is 0 Å². The van der Waals surface area contributed by atoms with Crippen molar-refractivity contribution in [3.63, 3.8) is 0 Å². The van der Waals surface area contributed by atoms with Crippen molar-refractivity contribution in [2.75, 3.05) is 25.6 Å². The number of ether oxygens (including phenoxy) is 1. The zero-order chi connectivity index (χ0) is 21.5. The van der Waals surface area contributed by atoms with Crippen molar-refractivity contribution in [1.82, 2.24) is 0 Å². The van der Waals surface area contributed by atoms with E-state index < -0.39 is 7.60 Å². The van der Waals surface area contributed by atoms with E-state index in [1.165, 1.54) is 27.2 Å². The first-order valence-electron chi connectivity index (χ1n) is 9.95. The van der Waals surface area contributed by atoms with Crippen molar-refractivity contribution >= 4 is 34.8 Å². The van der Waals surface area contributed by atoms with Gasteiger partial charge >= 0.3 is 7.60 Å². The minimum Gasteiger partial charge on any atom is -0.384 e. The maximum absolute atomic E-state index is 9.33. The molecule has 0 aliphatic rings. The number of rotatable bonds is 7. The molecular formula is C23H32NO4P. The average Bonchev–Trinajstić information content (AvgIpc) is 2.70. The molecule has 3 rings (SSSR count). The molecule has 3 aromatic carbocycles. The summed E-state index contributed by atoms with van der Waals surface area (Å²) in [5.41, 5.74) is 1.22. The van der Waals surface area contributed by atoms with Gasteiger partial charge in [-0.3, -0.25) is 4.57 Å². The molecule has 29 heavy (non-hydrogen) atoms. The van der Waals surface area contributed by atoms with Crippen molar-refractivity contribution in [3.8, 4) is 0 Å². The van der Waals surface area contributed by atoms with Gasteiger partial charge in [0.1, 0.15) is 0 Å². The summed E-state index contributed by atoms with van der Waals surface area (Å²) in [6.45, 7) is 6.18. The highest BCUT2D eigenvalue weighted by Gasteiger charge is 2.24. The third-order valence-corrected chi connectivity index (χ3v) is 5.38. The van der Waals surface area contributed by atoms with Gasteiger partial charge in [-0.1, -0.05) is 62.4 Å². The number of methoxy groups -OCH3 is 1. The Morgan fingerprint density at radius 2 is 1.41 bits per heavy atom. The van der Waals surface area contributed by atoms with Crippen LogP contribution in [0.3, 0.4) is 0 Å². The lowest BCUT2D eigenvalue weighted by Crippen LogP contribution is -2.32. The van der Waals surface area contributed by atoms with Crippen molar-refractivity contribution in [3.05, 3.63) is 54.6 Å². The summed E-state index contributed by atoms with van der Waals surface area (Å²) in [6, 6.07) is 19.5. The Bertz CT molecular complexity index is 908. The lowest BCUT2D eigenvalue weighted by Gasteiger charge is -2.30. The van der Waals surface area contributed by atoms with E-state index in [4.69, 9.17) is 14.5 Å². The molecule has 0 aliphatic carbocycles. The van der Waals surface area contributed by atoms with Gasteiger partial charge < -0.3 is 19.8 Å². The van der Waals surface area contributed by atoms with Crippen LogP contribution in [0.25, 0.3) is 21.5 Å². The molecule has 158 valence electrons. The summed E-state index contributed by atoms with van der Waals surface area (Å²) in [7, 11) is -1.81. The van der Waals surface area contributed by atoms with Crippen LogP contribution in [0.1, 0.15) is 33.1 Å². The minimum absolute atomic E-state index is 0.0204. The normalized spacial score (nSPS) is 11.9. The standard InChI is InChI=1S/C22H27NO.CH5O3P/c1-4-22(5-2,24-3)14-15-23-21-19-12-8-6-10-17(19)16-18-11-7-9-13-20(18)21;1-5(2,3)4/h6-13,16,23H,4-5,14-15H2,1-3H3;1H3,(H2,2,3,4). The first-order chi connectivity index (χ1) is 13.7. The van der Waals surface area contributed by atoms with Crippen molar-refractivity contribution < 1.29 is 19.1 Å². The molecule has 0 spiro atoms. The van der Waals surface area contributed by atoms with Gasteiger partial charge in [0.2, 0.25) is 0 Å². The van der Waals surface area contributed by atoms with Gasteiger partial charge in [0, 0.05) is 36.8 Å². The number of hydrogen-bond donors (Lipinski definition) is 3. The summed E-state index contributed by atoms with van der Waals surface area (Å²) in [5.74, 6) is 0. The number of hydrogen-bond acceptors (Lipinski definition) is 3. The van der Waals surface area contributed by atoms with E-state index in [-0.39, 0.29) is 5.60 Å². The highest BCUT2D eigenvalue weighted by atomic mass is 31.2. The van der Waals surface area contributed by atoms with E-state index in [1.807, 2.05) is 7.11 Å². The van der Waals surface area contributed by atoms with Crippen LogP contribution in [0.4, 0.5) is 5.69 Å². The highest BCUT2D eigenvalue weighted by molar-refractivity contribution is 7.50. The van der Waals surface area contributed by atoms with Gasteiger partial charge in [0.25, 0.3) is 0 Å². The van der Waals surface area contributed by atoms with Gasteiger partial charge in [0.05, 0.1) is 5.60 Å². The van der Waals surface area contributed by atoms with Crippen LogP contribution in [0, 0.1) is 0 Å². The molecule has 0 unspecified atom stereocenters. The third kappa shape index (κ3) is 6.55. The van der Waals surface area contributed by atoms with E-state index in [1.54, 1.807) is 0 Å². The zero-order valence-corrected chi connectivity index (χ0v) is 18.6. The molecule has 0 aromatic heterocycles. The smallest absolute Gasteiger partial charge is 0.322 e. The van der Waals surface area contributed by atoms with Crippen LogP contribution < -0.4 is 5.32 Å². The molecule has 0 bridgehead atoms. The Hall–Kier alpha value is -1.91. The molecular weight excluding hydrogens is 385 g/mol. The van der Waals surface area contributed by atoms with Gasteiger partial charge in [-0.2, -0.15) is 0 Å². The van der Waals surface area contributed by atoms with Gasteiger partial charge in [-0.15, -0.1) is 0 Å². The Kier molecular flexibility index (Phi) is 8.23. The summed E-state index contributed by atoms with van der Waals surface area (Å²) in [4.78, 5) is 15.3. The Labute approximate surface area is 173 Å². The van der Waals surface area contributed by atoms with Crippen LogP contribution in [-0.2, 0) is 9.30 Å². The fourth-order valence-corrected chi connectivity index (χ4v) is 3.61. The summed E-state index contributed by atoms with van der Waals surface area (Å²) in [6.07, 6.45) is 3.09. The fraction of sp³-hybridized carbons (Fsp3) is 0.391. The summed E-state index contributed by atoms with van der Waals surface area (Å²) < 4.78 is 15.1. The summed E-state index contributed by atoms with van der Waals surface area (Å²) in [5, 5.41) is 8.84. The predicted molar refractivity (Wildman–Crippen MR) is 123 cm³/mol. The zero-order valence-electron chi connectivity index (χ0n) is 17.7. The Morgan fingerprint density at radius 3 is 1.83 bits per heavy atom. The quantitative estimate of drug-likeness (QED) is 0.335. The average molecular weight is 417 g/mol. The first kappa shape index (κ1) is 23.4. The van der Waals surface area contributed by atoms with Crippen LogP contribution in [0.2, 0.25) is 0 Å². The van der Waals surface area contributed by atoms with Crippen molar-refractivity contribution in [2.45, 2.75) is 38.7 Å².